The summed E-state index contributed by atoms with van der Waals surface area (Å²) >= 11 is 0. The van der Waals surface area contributed by atoms with Crippen LogP contribution in [0.15, 0.2) is 279 Å². The minimum absolute atomic E-state index is 0.00498. The van der Waals surface area contributed by atoms with Gasteiger partial charge in [0.25, 0.3) is 0 Å². The molecule has 4 heteroatoms. The van der Waals surface area contributed by atoms with E-state index in [0.717, 1.165) is 5.69 Å². The smallest absolute Gasteiger partial charge is 0.242 e. The predicted molar refractivity (Wildman–Crippen MR) is 314 cm³/mol. The zero-order chi connectivity index (χ0) is 48.9. The Morgan fingerprint density at radius 1 is 0.315 bits per heavy atom. The van der Waals surface area contributed by atoms with Gasteiger partial charge in [0.05, 0.1) is 16.8 Å². The van der Waals surface area contributed by atoms with Gasteiger partial charge in [0.1, 0.15) is 0 Å². The minimum Gasteiger partial charge on any atom is -0.310 e. The first-order valence-corrected chi connectivity index (χ1v) is 25.8. The van der Waals surface area contributed by atoms with Gasteiger partial charge in [-0.1, -0.05) is 315 Å². The summed E-state index contributed by atoms with van der Waals surface area (Å²) in [7, 11) is 0. The Bertz CT molecular complexity index is 3480. The molecule has 0 saturated carbocycles. The zero-order valence-corrected chi connectivity index (χ0v) is 41.2. The molecule has 2 heterocycles. The lowest BCUT2D eigenvalue weighted by atomic mass is 9.28. The van der Waals surface area contributed by atoms with E-state index in [1.165, 1.54) is 105 Å². The van der Waals surface area contributed by atoms with Crippen LogP contribution in [0.25, 0.3) is 11.1 Å². The van der Waals surface area contributed by atoms with Gasteiger partial charge in [-0.3, -0.25) is 0 Å². The van der Waals surface area contributed by atoms with Crippen LogP contribution in [0.3, 0.4) is 0 Å². The number of rotatable bonds is 9. The maximum absolute atomic E-state index is 2.62. The summed E-state index contributed by atoms with van der Waals surface area (Å²) in [5, 5.41) is 0. The van der Waals surface area contributed by atoms with E-state index in [-0.39, 0.29) is 20.1 Å². The third-order valence-corrected chi connectivity index (χ3v) is 15.9. The van der Waals surface area contributed by atoms with Crippen LogP contribution in [0.1, 0.15) is 33.4 Å². The molecule has 0 aromatic heterocycles. The second-order valence-electron chi connectivity index (χ2n) is 20.0. The van der Waals surface area contributed by atoms with Crippen LogP contribution < -0.4 is 54.1 Å². The molecule has 11 aromatic carbocycles. The third-order valence-electron chi connectivity index (χ3n) is 15.9. The summed E-state index contributed by atoms with van der Waals surface area (Å²) in [5.74, 6) is 0. The molecule has 1 nitrogen and oxygen atoms in total. The second kappa shape index (κ2) is 18.5. The normalized spacial score (nSPS) is 12.8. The van der Waals surface area contributed by atoms with E-state index in [2.05, 4.69) is 298 Å². The lowest BCUT2D eigenvalue weighted by Crippen LogP contribution is -2.65. The number of fused-ring (bicyclic) bond motifs is 8. The van der Waals surface area contributed by atoms with Gasteiger partial charge >= 0.3 is 0 Å². The highest BCUT2D eigenvalue weighted by Gasteiger charge is 2.53. The van der Waals surface area contributed by atoms with Crippen molar-refractivity contribution in [2.45, 2.75) is 19.3 Å². The maximum atomic E-state index is 2.62. The number of para-hydroxylation sites is 2. The highest BCUT2D eigenvalue weighted by Crippen LogP contribution is 2.57. The fraction of sp³-hybridized carbons (Fsp3) is 0.0435. The van der Waals surface area contributed by atoms with Gasteiger partial charge in [-0.15, -0.1) is 0 Å². The third kappa shape index (κ3) is 7.43. The number of hydrogen-bond donors (Lipinski definition) is 0. The van der Waals surface area contributed by atoms with Crippen molar-refractivity contribution in [2.24, 2.45) is 0 Å². The number of benzene rings is 11. The maximum Gasteiger partial charge on any atom is 0.242 e. The lowest BCUT2D eigenvalue weighted by Gasteiger charge is -2.51. The average Bonchev–Trinajstić information content (AvgIpc) is 3.45. The molecule has 73 heavy (non-hydrogen) atoms. The Balaban J connectivity index is 1.16. The van der Waals surface area contributed by atoms with Crippen molar-refractivity contribution in [1.29, 1.82) is 0 Å². The minimum atomic E-state index is -0.743. The van der Waals surface area contributed by atoms with Crippen LogP contribution in [-0.2, 0) is 5.41 Å². The van der Waals surface area contributed by atoms with Crippen LogP contribution in [0.2, 0.25) is 0 Å². The molecule has 0 unspecified atom stereocenters. The average molecular weight is 928 g/mol. The standard InChI is InChI=1S/C69H52B3N/c1-49-23-22-24-50(2)68(49)72-64-45-41-57(70(53-27-10-4-11-28-53)54-29-12-5-13-30-54)47-62(64)69(63-48-58(42-46-65(63)72)71(55-31-14-6-15-32-55)56-33-16-7-17-34-56)60-35-18-20-37-66(60)73(67-38-21-19-36-61(67)69)59-43-39-52(40-44-59)51-25-8-3-9-26-51/h3-48H,1-2H3. The van der Waals surface area contributed by atoms with Crippen LogP contribution >= 0.6 is 0 Å². The molecule has 0 saturated heterocycles. The van der Waals surface area contributed by atoms with Crippen LogP contribution in [0.4, 0.5) is 17.1 Å². The first-order valence-electron chi connectivity index (χ1n) is 25.8. The molecular weight excluding hydrogens is 875 g/mol. The monoisotopic (exact) mass is 927 g/mol. The lowest BCUT2D eigenvalue weighted by molar-refractivity contribution is 0.738. The van der Waals surface area contributed by atoms with Gasteiger partial charge in [-0.2, -0.15) is 0 Å². The summed E-state index contributed by atoms with van der Waals surface area (Å²) in [6, 6.07) is 105. The number of anilines is 3. The first-order chi connectivity index (χ1) is 36.1. The Morgan fingerprint density at radius 3 is 1.11 bits per heavy atom. The molecule has 0 aliphatic carbocycles. The highest BCUT2D eigenvalue weighted by molar-refractivity contribution is 6.99. The number of nitrogens with zero attached hydrogens (tertiary/aromatic N) is 1. The van der Waals surface area contributed by atoms with Gasteiger partial charge in [-0.25, -0.2) is 0 Å². The highest BCUT2D eigenvalue weighted by atomic mass is 15.2. The van der Waals surface area contributed by atoms with E-state index in [9.17, 15) is 0 Å². The molecule has 0 amide bonds. The fourth-order valence-electron chi connectivity index (χ4n) is 12.8. The van der Waals surface area contributed by atoms with E-state index in [0.29, 0.717) is 0 Å². The molecule has 2 aliphatic heterocycles. The molecule has 0 radical (unpaired) electrons. The summed E-state index contributed by atoms with van der Waals surface area (Å²) in [6.45, 7) is 4.60. The van der Waals surface area contributed by atoms with Crippen molar-refractivity contribution >= 4 is 86.4 Å². The van der Waals surface area contributed by atoms with Crippen molar-refractivity contribution in [1.82, 2.24) is 0 Å². The van der Waals surface area contributed by atoms with E-state index in [1.807, 2.05) is 0 Å². The number of hydrogen-bond acceptors (Lipinski definition) is 1. The topological polar surface area (TPSA) is 3.24 Å². The van der Waals surface area contributed by atoms with Crippen molar-refractivity contribution in [3.8, 4) is 11.1 Å². The molecular formula is C69H52B3N. The Hall–Kier alpha value is -8.59. The molecule has 342 valence electrons. The molecule has 11 aromatic rings. The first kappa shape index (κ1) is 44.4. The second-order valence-corrected chi connectivity index (χ2v) is 20.0. The molecule has 2 aliphatic rings. The molecule has 0 bridgehead atoms. The van der Waals surface area contributed by atoms with Crippen molar-refractivity contribution in [3.63, 3.8) is 0 Å². The van der Waals surface area contributed by atoms with Gasteiger partial charge in [-0.05, 0) is 71.5 Å². The van der Waals surface area contributed by atoms with Crippen molar-refractivity contribution in [3.05, 3.63) is 312 Å². The van der Waals surface area contributed by atoms with Crippen molar-refractivity contribution < 1.29 is 0 Å². The molecule has 1 spiro atoms. The summed E-state index contributed by atoms with van der Waals surface area (Å²) < 4.78 is 0. The summed E-state index contributed by atoms with van der Waals surface area (Å²) in [4.78, 5) is 2.52. The van der Waals surface area contributed by atoms with Crippen molar-refractivity contribution in [2.75, 3.05) is 4.90 Å². The molecule has 0 atom stereocenters. The van der Waals surface area contributed by atoms with E-state index in [1.54, 1.807) is 0 Å². The van der Waals surface area contributed by atoms with E-state index >= 15 is 0 Å². The predicted octanol–water partition coefficient (Wildman–Crippen LogP) is 10.00. The Kier molecular flexibility index (Phi) is 11.3. The van der Waals surface area contributed by atoms with Crippen LogP contribution in [0.5, 0.6) is 0 Å². The molecule has 0 N–H and O–H groups in total. The summed E-state index contributed by atoms with van der Waals surface area (Å²) in [5.41, 5.74) is 24.7. The van der Waals surface area contributed by atoms with Gasteiger partial charge in [0.2, 0.25) is 20.1 Å². The quantitative estimate of drug-likeness (QED) is 0.130. The number of aryl methyl sites for hydroxylation is 2. The van der Waals surface area contributed by atoms with E-state index in [4.69, 9.17) is 0 Å². The fourth-order valence-corrected chi connectivity index (χ4v) is 12.8. The van der Waals surface area contributed by atoms with Gasteiger partial charge in [0, 0.05) is 5.69 Å². The van der Waals surface area contributed by atoms with E-state index < -0.39 is 5.41 Å². The van der Waals surface area contributed by atoms with Gasteiger partial charge in [0.15, 0.2) is 0 Å². The molecule has 0 fully saturated rings. The zero-order valence-electron chi connectivity index (χ0n) is 41.2. The Morgan fingerprint density at radius 2 is 0.685 bits per heavy atom. The SMILES string of the molecule is Cc1cccc(C)c1B1c2ccc(B(c3ccccc3)c3ccccc3)cc2C2(c3cc(B(c4ccccc4)c4ccccc4)ccc31)c1ccccc1N(c1ccc(-c3ccccc3)cc1)c1ccccc12. The largest absolute Gasteiger partial charge is 0.310 e. The van der Waals surface area contributed by atoms with Crippen LogP contribution in [-0.4, -0.2) is 20.1 Å². The van der Waals surface area contributed by atoms with Gasteiger partial charge < -0.3 is 4.90 Å². The Labute approximate surface area is 431 Å². The summed E-state index contributed by atoms with van der Waals surface area (Å²) in [6.07, 6.45) is 0. The molecule has 13 rings (SSSR count). The van der Waals surface area contributed by atoms with Crippen LogP contribution in [0, 0.1) is 13.8 Å².